The van der Waals surface area contributed by atoms with Gasteiger partial charge in [0.25, 0.3) is 0 Å². The molecule has 1 aromatic heterocycles. The van der Waals surface area contributed by atoms with Gasteiger partial charge in [0.15, 0.2) is 11.4 Å². The minimum absolute atomic E-state index is 0.0186. The third-order valence-electron chi connectivity index (χ3n) is 6.84. The maximum Gasteiger partial charge on any atom is 0.226 e. The Balaban J connectivity index is 1.52. The molecule has 5 rings (SSSR count). The number of hydrogen-bond donors (Lipinski definition) is 1. The number of hydrogen-bond acceptors (Lipinski definition) is 4. The molecule has 2 aliphatic rings. The number of ketones is 1. The van der Waals surface area contributed by atoms with Gasteiger partial charge in [-0.1, -0.05) is 51.1 Å². The van der Waals surface area contributed by atoms with Crippen LogP contribution in [0.15, 0.2) is 52.9 Å². The van der Waals surface area contributed by atoms with Gasteiger partial charge < -0.3 is 9.73 Å². The first-order valence-electron chi connectivity index (χ1n) is 10.5. The summed E-state index contributed by atoms with van der Waals surface area (Å²) < 4.78 is 6.19. The molecule has 1 aliphatic heterocycles. The molecule has 0 radical (unpaired) electrons. The van der Waals surface area contributed by atoms with Gasteiger partial charge in [-0.3, -0.25) is 9.59 Å². The summed E-state index contributed by atoms with van der Waals surface area (Å²) in [5.41, 5.74) is 1.87. The SMILES string of the molecule is C[C@]12CNC(=O)[C@](C)(C1)C[C@@](C)(c1nc3cc(C(=O)c4ccccc4)ccc3o1)C2. The first-order chi connectivity index (χ1) is 14.2. The molecular weight excluding hydrogens is 376 g/mol. The Morgan fingerprint density at radius 3 is 2.47 bits per heavy atom. The molecule has 1 amide bonds. The lowest BCUT2D eigenvalue weighted by molar-refractivity contribution is -0.143. The fraction of sp³-hybridized carbons (Fsp3) is 0.400. The molecule has 3 atom stereocenters. The monoisotopic (exact) mass is 402 g/mol. The Hall–Kier alpha value is -2.95. The van der Waals surface area contributed by atoms with Gasteiger partial charge >= 0.3 is 0 Å². The lowest BCUT2D eigenvalue weighted by Crippen LogP contribution is -2.59. The van der Waals surface area contributed by atoms with Gasteiger partial charge in [-0.2, -0.15) is 0 Å². The largest absolute Gasteiger partial charge is 0.440 e. The van der Waals surface area contributed by atoms with E-state index in [2.05, 4.69) is 26.1 Å². The van der Waals surface area contributed by atoms with Gasteiger partial charge in [0.05, 0.1) is 0 Å². The van der Waals surface area contributed by atoms with Crippen LogP contribution in [0.2, 0.25) is 0 Å². The highest BCUT2D eigenvalue weighted by Crippen LogP contribution is 2.56. The zero-order valence-corrected chi connectivity index (χ0v) is 17.6. The molecule has 30 heavy (non-hydrogen) atoms. The van der Waals surface area contributed by atoms with Crippen LogP contribution in [0, 0.1) is 10.8 Å². The van der Waals surface area contributed by atoms with E-state index in [-0.39, 0.29) is 22.5 Å². The number of carbonyl (C=O) groups is 2. The second-order valence-corrected chi connectivity index (χ2v) is 10.0. The van der Waals surface area contributed by atoms with Crippen LogP contribution in [0.3, 0.4) is 0 Å². The van der Waals surface area contributed by atoms with Crippen LogP contribution in [0.4, 0.5) is 0 Å². The molecule has 5 nitrogen and oxygen atoms in total. The van der Waals surface area contributed by atoms with Crippen molar-refractivity contribution in [1.82, 2.24) is 10.3 Å². The molecule has 1 saturated heterocycles. The smallest absolute Gasteiger partial charge is 0.226 e. The number of rotatable bonds is 3. The van der Waals surface area contributed by atoms with E-state index in [9.17, 15) is 9.59 Å². The van der Waals surface area contributed by atoms with Crippen molar-refractivity contribution in [1.29, 1.82) is 0 Å². The summed E-state index contributed by atoms with van der Waals surface area (Å²) in [6.07, 6.45) is 2.49. The number of nitrogens with zero attached hydrogens (tertiary/aromatic N) is 1. The summed E-state index contributed by atoms with van der Waals surface area (Å²) in [6.45, 7) is 7.13. The Morgan fingerprint density at radius 2 is 1.70 bits per heavy atom. The predicted molar refractivity (Wildman–Crippen MR) is 114 cm³/mol. The van der Waals surface area contributed by atoms with Gasteiger partial charge in [-0.15, -0.1) is 0 Å². The summed E-state index contributed by atoms with van der Waals surface area (Å²) in [5.74, 6) is 0.753. The summed E-state index contributed by atoms with van der Waals surface area (Å²) >= 11 is 0. The molecule has 154 valence electrons. The molecule has 2 heterocycles. The van der Waals surface area contributed by atoms with E-state index in [1.807, 2.05) is 36.4 Å². The number of carbonyl (C=O) groups excluding carboxylic acids is 2. The van der Waals surface area contributed by atoms with Gasteiger partial charge in [0.2, 0.25) is 11.8 Å². The van der Waals surface area contributed by atoms with Gasteiger partial charge in [0, 0.05) is 28.5 Å². The highest BCUT2D eigenvalue weighted by molar-refractivity contribution is 6.10. The molecule has 3 aromatic rings. The summed E-state index contributed by atoms with van der Waals surface area (Å²) in [5, 5.41) is 3.09. The van der Waals surface area contributed by atoms with Crippen LogP contribution in [-0.2, 0) is 10.2 Å². The van der Waals surface area contributed by atoms with Crippen molar-refractivity contribution >= 4 is 22.8 Å². The molecular formula is C25H26N2O3. The van der Waals surface area contributed by atoms with Crippen molar-refractivity contribution < 1.29 is 14.0 Å². The van der Waals surface area contributed by atoms with E-state index >= 15 is 0 Å². The van der Waals surface area contributed by atoms with Crippen molar-refractivity contribution in [3.63, 3.8) is 0 Å². The number of oxazole rings is 1. The number of piperidine rings is 1. The summed E-state index contributed by atoms with van der Waals surface area (Å²) in [7, 11) is 0. The van der Waals surface area contributed by atoms with E-state index < -0.39 is 5.41 Å². The minimum atomic E-state index is -0.422. The van der Waals surface area contributed by atoms with Crippen molar-refractivity contribution in [2.45, 2.75) is 45.4 Å². The van der Waals surface area contributed by atoms with Crippen molar-refractivity contribution in [2.75, 3.05) is 6.54 Å². The maximum absolute atomic E-state index is 12.8. The third kappa shape index (κ3) is 2.95. The van der Waals surface area contributed by atoms with Crippen molar-refractivity contribution in [2.24, 2.45) is 10.8 Å². The third-order valence-corrected chi connectivity index (χ3v) is 6.84. The van der Waals surface area contributed by atoms with Crippen LogP contribution in [0.5, 0.6) is 0 Å². The summed E-state index contributed by atoms with van der Waals surface area (Å²) in [4.78, 5) is 30.2. The molecule has 2 fully saturated rings. The van der Waals surface area contributed by atoms with Gasteiger partial charge in [-0.25, -0.2) is 4.98 Å². The first-order valence-corrected chi connectivity index (χ1v) is 10.5. The minimum Gasteiger partial charge on any atom is -0.440 e. The molecule has 1 aliphatic carbocycles. The predicted octanol–water partition coefficient (Wildman–Crippen LogP) is 4.64. The highest BCUT2D eigenvalue weighted by atomic mass is 16.3. The fourth-order valence-corrected chi connectivity index (χ4v) is 5.96. The Morgan fingerprint density at radius 1 is 0.967 bits per heavy atom. The number of amides is 1. The standard InChI is InChI=1S/C25H26N2O3/c1-23-12-24(2,21(29)26-15-23)14-25(3,13-23)22-27-18-11-17(9-10-19(18)30-22)20(28)16-7-5-4-6-8-16/h4-11H,12-15H2,1-3H3,(H,26,29)/t23-,24+,25-/m0/s1. The van der Waals surface area contributed by atoms with E-state index in [0.717, 1.165) is 12.8 Å². The van der Waals surface area contributed by atoms with Crippen LogP contribution in [0.1, 0.15) is 61.8 Å². The van der Waals surface area contributed by atoms with E-state index in [4.69, 9.17) is 9.40 Å². The Bertz CT molecular complexity index is 1170. The van der Waals surface area contributed by atoms with Crippen molar-refractivity contribution in [3.8, 4) is 0 Å². The fourth-order valence-electron chi connectivity index (χ4n) is 5.96. The molecule has 2 bridgehead atoms. The van der Waals surface area contributed by atoms with E-state index in [0.29, 0.717) is 41.1 Å². The van der Waals surface area contributed by atoms with E-state index in [1.54, 1.807) is 12.1 Å². The Kier molecular flexibility index (Phi) is 3.98. The molecule has 0 spiro atoms. The van der Waals surface area contributed by atoms with Crippen molar-refractivity contribution in [3.05, 3.63) is 65.5 Å². The number of benzene rings is 2. The van der Waals surface area contributed by atoms with Crippen LogP contribution in [-0.4, -0.2) is 23.2 Å². The highest BCUT2D eigenvalue weighted by Gasteiger charge is 2.57. The van der Waals surface area contributed by atoms with Crippen LogP contribution < -0.4 is 5.32 Å². The molecule has 2 aromatic carbocycles. The topological polar surface area (TPSA) is 72.2 Å². The van der Waals surface area contributed by atoms with Gasteiger partial charge in [-0.05, 0) is 42.9 Å². The molecule has 1 N–H and O–H groups in total. The number of nitrogens with one attached hydrogen (secondary N) is 1. The summed E-state index contributed by atoms with van der Waals surface area (Å²) in [6, 6.07) is 14.7. The normalized spacial score (nSPS) is 30.8. The second-order valence-electron chi connectivity index (χ2n) is 10.0. The number of fused-ring (bicyclic) bond motifs is 3. The van der Waals surface area contributed by atoms with Crippen LogP contribution in [0.25, 0.3) is 11.1 Å². The van der Waals surface area contributed by atoms with E-state index in [1.165, 1.54) is 0 Å². The van der Waals surface area contributed by atoms with Crippen LogP contribution >= 0.6 is 0 Å². The average Bonchev–Trinajstić information content (AvgIpc) is 3.15. The Labute approximate surface area is 175 Å². The quantitative estimate of drug-likeness (QED) is 0.648. The van der Waals surface area contributed by atoms with Gasteiger partial charge in [0.1, 0.15) is 5.52 Å². The second kappa shape index (κ2) is 6.27. The molecule has 0 unspecified atom stereocenters. The number of aromatic nitrogens is 1. The first kappa shape index (κ1) is 19.0. The molecule has 5 heteroatoms. The average molecular weight is 402 g/mol. The lowest BCUT2D eigenvalue weighted by atomic mass is 9.52. The molecule has 1 saturated carbocycles. The zero-order valence-electron chi connectivity index (χ0n) is 17.6. The zero-order chi connectivity index (χ0) is 21.1. The maximum atomic E-state index is 12.8. The lowest BCUT2D eigenvalue weighted by Gasteiger charge is -2.54.